The first-order valence-corrected chi connectivity index (χ1v) is 9.49. The summed E-state index contributed by atoms with van der Waals surface area (Å²) in [6, 6.07) is 11.3. The van der Waals surface area contributed by atoms with Gasteiger partial charge in [-0.15, -0.1) is 0 Å². The van der Waals surface area contributed by atoms with Crippen LogP contribution >= 0.6 is 0 Å². The Balaban J connectivity index is 1.51. The van der Waals surface area contributed by atoms with Gasteiger partial charge in [-0.3, -0.25) is 14.3 Å². The van der Waals surface area contributed by atoms with Gasteiger partial charge in [-0.05, 0) is 43.9 Å². The molecule has 0 bridgehead atoms. The molecule has 1 aromatic heterocycles. The number of hydrogen-bond acceptors (Lipinski definition) is 3. The van der Waals surface area contributed by atoms with Crippen molar-refractivity contribution in [2.45, 2.75) is 31.2 Å². The maximum absolute atomic E-state index is 13.2. The van der Waals surface area contributed by atoms with Crippen LogP contribution in [0.2, 0.25) is 0 Å². The molecule has 140 valence electrons. The number of rotatable bonds is 4. The molecule has 0 unspecified atom stereocenters. The second kappa shape index (κ2) is 7.39. The third-order valence-corrected chi connectivity index (χ3v) is 5.66. The summed E-state index contributed by atoms with van der Waals surface area (Å²) in [6.07, 6.45) is 10.4. The molecule has 0 atom stereocenters. The second-order valence-electron chi connectivity index (χ2n) is 7.27. The summed E-state index contributed by atoms with van der Waals surface area (Å²) in [6.45, 7) is 1.13. The highest BCUT2D eigenvalue weighted by Gasteiger charge is 2.45. The summed E-state index contributed by atoms with van der Waals surface area (Å²) in [4.78, 5) is 27.9. The molecule has 1 fully saturated rings. The molecule has 2 amide bonds. The van der Waals surface area contributed by atoms with Gasteiger partial charge in [0, 0.05) is 37.1 Å². The van der Waals surface area contributed by atoms with Crippen LogP contribution in [0.4, 0.5) is 5.69 Å². The van der Waals surface area contributed by atoms with Crippen LogP contribution < -0.4 is 5.32 Å². The van der Waals surface area contributed by atoms with Gasteiger partial charge in [-0.25, -0.2) is 0 Å². The fourth-order valence-corrected chi connectivity index (χ4v) is 4.03. The molecule has 1 aliphatic heterocycles. The van der Waals surface area contributed by atoms with E-state index >= 15 is 0 Å². The Labute approximate surface area is 158 Å². The van der Waals surface area contributed by atoms with Crippen LogP contribution in [0.15, 0.2) is 60.9 Å². The van der Waals surface area contributed by atoms with E-state index in [1.54, 1.807) is 10.9 Å². The van der Waals surface area contributed by atoms with Crippen LogP contribution in [0.1, 0.15) is 25.7 Å². The van der Waals surface area contributed by atoms with Crippen molar-refractivity contribution in [3.8, 4) is 0 Å². The molecule has 27 heavy (non-hydrogen) atoms. The third kappa shape index (κ3) is 3.39. The van der Waals surface area contributed by atoms with E-state index in [0.717, 1.165) is 18.5 Å². The summed E-state index contributed by atoms with van der Waals surface area (Å²) >= 11 is 0. The van der Waals surface area contributed by atoms with E-state index in [0.29, 0.717) is 25.9 Å². The van der Waals surface area contributed by atoms with E-state index in [4.69, 9.17) is 0 Å². The number of nitrogens with one attached hydrogen (secondary N) is 1. The number of para-hydroxylation sites is 1. The lowest BCUT2D eigenvalue weighted by Gasteiger charge is -2.41. The monoisotopic (exact) mass is 364 g/mol. The van der Waals surface area contributed by atoms with Gasteiger partial charge < -0.3 is 10.2 Å². The van der Waals surface area contributed by atoms with Crippen molar-refractivity contribution in [3.63, 3.8) is 0 Å². The Morgan fingerprint density at radius 1 is 1.04 bits per heavy atom. The third-order valence-electron chi connectivity index (χ3n) is 5.66. The molecule has 1 saturated heterocycles. The van der Waals surface area contributed by atoms with Gasteiger partial charge in [0.25, 0.3) is 5.91 Å². The summed E-state index contributed by atoms with van der Waals surface area (Å²) in [7, 11) is 0. The number of aromatic nitrogens is 2. The average Bonchev–Trinajstić information content (AvgIpc) is 3.42. The van der Waals surface area contributed by atoms with Crippen molar-refractivity contribution in [1.82, 2.24) is 14.7 Å². The Morgan fingerprint density at radius 3 is 2.37 bits per heavy atom. The summed E-state index contributed by atoms with van der Waals surface area (Å²) in [5, 5.41) is 7.39. The van der Waals surface area contributed by atoms with Gasteiger partial charge in [0.15, 0.2) is 0 Å². The Bertz CT molecular complexity index is 813. The number of allylic oxidation sites excluding steroid dienone is 2. The molecular weight excluding hydrogens is 340 g/mol. The predicted molar refractivity (Wildman–Crippen MR) is 103 cm³/mol. The normalized spacial score (nSPS) is 19.2. The van der Waals surface area contributed by atoms with E-state index in [1.165, 1.54) is 0 Å². The summed E-state index contributed by atoms with van der Waals surface area (Å²) in [5.74, 6) is 0.199. The SMILES string of the molecule is O=C(C1CC=CC1)N1CCC(C(=O)Nc2ccccc2)(n2cccn2)CC1. The number of hydrogen-bond donors (Lipinski definition) is 1. The van der Waals surface area contributed by atoms with Crippen molar-refractivity contribution >= 4 is 17.5 Å². The topological polar surface area (TPSA) is 67.2 Å². The minimum atomic E-state index is -0.774. The van der Waals surface area contributed by atoms with Crippen LogP contribution in [0.25, 0.3) is 0 Å². The maximum atomic E-state index is 13.2. The lowest BCUT2D eigenvalue weighted by molar-refractivity contribution is -0.140. The fourth-order valence-electron chi connectivity index (χ4n) is 4.03. The molecule has 6 nitrogen and oxygen atoms in total. The zero-order valence-corrected chi connectivity index (χ0v) is 15.3. The molecule has 4 rings (SSSR count). The molecule has 2 aliphatic rings. The number of anilines is 1. The van der Waals surface area contributed by atoms with Gasteiger partial charge in [0.1, 0.15) is 5.54 Å². The van der Waals surface area contributed by atoms with Crippen molar-refractivity contribution < 1.29 is 9.59 Å². The predicted octanol–water partition coefficient (Wildman–Crippen LogP) is 2.81. The molecule has 0 spiro atoms. The molecule has 0 radical (unpaired) electrons. The van der Waals surface area contributed by atoms with Crippen LogP contribution in [-0.2, 0) is 15.1 Å². The number of carbonyl (C=O) groups excluding carboxylic acids is 2. The van der Waals surface area contributed by atoms with Crippen LogP contribution in [0, 0.1) is 5.92 Å². The second-order valence-corrected chi connectivity index (χ2v) is 7.27. The molecule has 2 heterocycles. The Hall–Kier alpha value is -2.89. The minimum Gasteiger partial charge on any atom is -0.342 e. The van der Waals surface area contributed by atoms with Crippen molar-refractivity contribution in [2.24, 2.45) is 5.92 Å². The molecular formula is C21H24N4O2. The number of likely N-dealkylation sites (tertiary alicyclic amines) is 1. The van der Waals surface area contributed by atoms with Crippen LogP contribution in [-0.4, -0.2) is 39.6 Å². The van der Waals surface area contributed by atoms with Crippen molar-refractivity contribution in [2.75, 3.05) is 18.4 Å². The standard InChI is InChI=1S/C21H24N4O2/c26-19(17-7-4-5-8-17)24-15-11-21(12-16-24,25-14-6-13-22-25)20(27)23-18-9-2-1-3-10-18/h1-6,9-10,13-14,17H,7-8,11-12,15-16H2,(H,23,27). The van der Waals surface area contributed by atoms with E-state index in [-0.39, 0.29) is 17.7 Å². The largest absolute Gasteiger partial charge is 0.342 e. The first-order valence-electron chi connectivity index (χ1n) is 9.49. The number of piperidine rings is 1. The zero-order valence-electron chi connectivity index (χ0n) is 15.3. The highest BCUT2D eigenvalue weighted by atomic mass is 16.2. The number of nitrogens with zero attached hydrogens (tertiary/aromatic N) is 3. The highest BCUT2D eigenvalue weighted by molar-refractivity contribution is 5.97. The molecule has 1 aromatic carbocycles. The number of amides is 2. The lowest BCUT2D eigenvalue weighted by Crippen LogP contribution is -2.55. The van der Waals surface area contributed by atoms with Crippen molar-refractivity contribution in [1.29, 1.82) is 0 Å². The zero-order chi connectivity index (χ0) is 18.7. The Morgan fingerprint density at radius 2 is 1.74 bits per heavy atom. The van der Waals surface area contributed by atoms with Crippen LogP contribution in [0.3, 0.4) is 0 Å². The van der Waals surface area contributed by atoms with Crippen molar-refractivity contribution in [3.05, 3.63) is 60.9 Å². The summed E-state index contributed by atoms with van der Waals surface area (Å²) in [5.41, 5.74) is -0.00564. The molecule has 0 saturated carbocycles. The first-order chi connectivity index (χ1) is 13.2. The Kier molecular flexibility index (Phi) is 4.79. The fraction of sp³-hybridized carbons (Fsp3) is 0.381. The first kappa shape index (κ1) is 17.5. The quantitative estimate of drug-likeness (QED) is 0.849. The van der Waals surface area contributed by atoms with Crippen LogP contribution in [0.5, 0.6) is 0 Å². The lowest BCUT2D eigenvalue weighted by atomic mass is 9.85. The van der Waals surface area contributed by atoms with E-state index < -0.39 is 5.54 Å². The van der Waals surface area contributed by atoms with E-state index in [9.17, 15) is 9.59 Å². The maximum Gasteiger partial charge on any atom is 0.252 e. The number of benzene rings is 1. The number of carbonyl (C=O) groups is 2. The van der Waals surface area contributed by atoms with E-state index in [2.05, 4.69) is 22.6 Å². The van der Waals surface area contributed by atoms with Gasteiger partial charge in [-0.2, -0.15) is 5.10 Å². The van der Waals surface area contributed by atoms with Gasteiger partial charge in [0.2, 0.25) is 5.91 Å². The van der Waals surface area contributed by atoms with E-state index in [1.807, 2.05) is 47.5 Å². The molecule has 1 N–H and O–H groups in total. The molecule has 2 aromatic rings. The smallest absolute Gasteiger partial charge is 0.252 e. The molecule has 1 aliphatic carbocycles. The average molecular weight is 364 g/mol. The van der Waals surface area contributed by atoms with Gasteiger partial charge in [-0.1, -0.05) is 30.4 Å². The van der Waals surface area contributed by atoms with Gasteiger partial charge >= 0.3 is 0 Å². The molecule has 6 heteroatoms. The minimum absolute atomic E-state index is 0.0698. The summed E-state index contributed by atoms with van der Waals surface area (Å²) < 4.78 is 1.75. The highest BCUT2D eigenvalue weighted by Crippen LogP contribution is 2.33. The van der Waals surface area contributed by atoms with Gasteiger partial charge in [0.05, 0.1) is 0 Å².